The third-order valence-electron chi connectivity index (χ3n) is 4.22. The molecule has 0 fully saturated rings. The van der Waals surface area contributed by atoms with E-state index in [1.54, 1.807) is 19.1 Å². The third-order valence-corrected chi connectivity index (χ3v) is 4.22. The molecule has 0 aliphatic heterocycles. The Labute approximate surface area is 153 Å². The van der Waals surface area contributed by atoms with E-state index in [1.165, 1.54) is 17.5 Å². The Balaban J connectivity index is 1.79. The van der Waals surface area contributed by atoms with E-state index in [0.717, 1.165) is 23.6 Å². The highest BCUT2D eigenvalue weighted by Gasteiger charge is 2.07. The fourth-order valence-corrected chi connectivity index (χ4v) is 2.76. The number of ketones is 1. The van der Waals surface area contributed by atoms with Crippen LogP contribution < -0.4 is 10.6 Å². The maximum atomic E-state index is 11.4. The number of rotatable bonds is 6. The zero-order valence-corrected chi connectivity index (χ0v) is 15.2. The molecule has 0 saturated heterocycles. The van der Waals surface area contributed by atoms with Crippen molar-refractivity contribution in [1.82, 2.24) is 9.97 Å². The van der Waals surface area contributed by atoms with Gasteiger partial charge in [-0.25, -0.2) is 9.97 Å². The molecule has 0 unspecified atom stereocenters. The number of carbonyl (C=O) groups is 1. The van der Waals surface area contributed by atoms with Crippen molar-refractivity contribution in [1.29, 1.82) is 0 Å². The molecule has 0 atom stereocenters. The van der Waals surface area contributed by atoms with Crippen LogP contribution in [0.5, 0.6) is 0 Å². The van der Waals surface area contributed by atoms with Gasteiger partial charge in [0.2, 0.25) is 0 Å². The van der Waals surface area contributed by atoms with Crippen LogP contribution in [0.4, 0.5) is 23.0 Å². The zero-order chi connectivity index (χ0) is 18.5. The van der Waals surface area contributed by atoms with Crippen LogP contribution in [-0.2, 0) is 6.42 Å². The first kappa shape index (κ1) is 17.6. The largest absolute Gasteiger partial charge is 0.340 e. The summed E-state index contributed by atoms with van der Waals surface area (Å²) in [5.41, 5.74) is 5.07. The van der Waals surface area contributed by atoms with Crippen LogP contribution in [-0.4, -0.2) is 15.8 Å². The molecule has 0 aliphatic carbocycles. The second-order valence-corrected chi connectivity index (χ2v) is 6.13. The minimum atomic E-state index is 0.0510. The molecule has 5 heteroatoms. The monoisotopic (exact) mass is 346 g/mol. The van der Waals surface area contributed by atoms with E-state index in [-0.39, 0.29) is 5.78 Å². The molecule has 0 aliphatic rings. The molecule has 26 heavy (non-hydrogen) atoms. The average Bonchev–Trinajstić information content (AvgIpc) is 2.64. The maximum absolute atomic E-state index is 11.4. The Bertz CT molecular complexity index is 920. The molecule has 1 aromatic heterocycles. The van der Waals surface area contributed by atoms with Crippen molar-refractivity contribution >= 4 is 28.8 Å². The summed E-state index contributed by atoms with van der Waals surface area (Å²) in [5, 5.41) is 6.64. The van der Waals surface area contributed by atoms with Gasteiger partial charge in [-0.2, -0.15) is 0 Å². The second kappa shape index (κ2) is 7.78. The summed E-state index contributed by atoms with van der Waals surface area (Å²) in [6, 6.07) is 15.5. The van der Waals surface area contributed by atoms with Crippen LogP contribution >= 0.6 is 0 Å². The first-order valence-electron chi connectivity index (χ1n) is 8.62. The fourth-order valence-electron chi connectivity index (χ4n) is 2.76. The van der Waals surface area contributed by atoms with Gasteiger partial charge in [0, 0.05) is 23.0 Å². The lowest BCUT2D eigenvalue weighted by Gasteiger charge is -2.14. The van der Waals surface area contributed by atoms with Gasteiger partial charge in [0.25, 0.3) is 0 Å². The number of anilines is 4. The van der Waals surface area contributed by atoms with E-state index in [1.807, 2.05) is 18.2 Å². The molecule has 132 valence electrons. The molecule has 1 heterocycles. The summed E-state index contributed by atoms with van der Waals surface area (Å²) < 4.78 is 0. The number of aryl methyl sites for hydroxylation is 2. The molecular formula is C21H22N4O. The molecule has 0 radical (unpaired) electrons. The van der Waals surface area contributed by atoms with E-state index in [0.29, 0.717) is 11.4 Å². The lowest BCUT2D eigenvalue weighted by atomic mass is 10.1. The van der Waals surface area contributed by atoms with E-state index in [9.17, 15) is 4.79 Å². The second-order valence-electron chi connectivity index (χ2n) is 6.13. The van der Waals surface area contributed by atoms with Crippen molar-refractivity contribution < 1.29 is 4.79 Å². The Hall–Kier alpha value is -3.21. The van der Waals surface area contributed by atoms with Gasteiger partial charge in [0.15, 0.2) is 5.78 Å². The first-order valence-corrected chi connectivity index (χ1v) is 8.62. The van der Waals surface area contributed by atoms with Gasteiger partial charge in [0.1, 0.15) is 18.0 Å². The zero-order valence-electron chi connectivity index (χ0n) is 15.2. The van der Waals surface area contributed by atoms with Gasteiger partial charge >= 0.3 is 0 Å². The predicted molar refractivity (Wildman–Crippen MR) is 106 cm³/mol. The Morgan fingerprint density at radius 1 is 1.00 bits per heavy atom. The lowest BCUT2D eigenvalue weighted by molar-refractivity contribution is 0.101. The topological polar surface area (TPSA) is 66.9 Å². The molecule has 0 bridgehead atoms. The van der Waals surface area contributed by atoms with E-state index in [2.05, 4.69) is 52.6 Å². The third kappa shape index (κ3) is 4.06. The van der Waals surface area contributed by atoms with Gasteiger partial charge < -0.3 is 10.6 Å². The van der Waals surface area contributed by atoms with Crippen LogP contribution in [0.15, 0.2) is 54.9 Å². The summed E-state index contributed by atoms with van der Waals surface area (Å²) in [7, 11) is 0. The fraction of sp³-hybridized carbons (Fsp3) is 0.190. The van der Waals surface area contributed by atoms with Crippen molar-refractivity contribution in [3.05, 3.63) is 71.5 Å². The van der Waals surface area contributed by atoms with Crippen LogP contribution in [0.2, 0.25) is 0 Å². The SMILES string of the molecule is CCc1cccc(C)c1Nc1cc(Nc2ccc(C(C)=O)cc2)ncn1. The highest BCUT2D eigenvalue weighted by Crippen LogP contribution is 2.25. The summed E-state index contributed by atoms with van der Waals surface area (Å²) in [4.78, 5) is 20.0. The number of carbonyl (C=O) groups excluding carboxylic acids is 1. The number of aromatic nitrogens is 2. The van der Waals surface area contributed by atoms with Crippen LogP contribution in [0, 0.1) is 6.92 Å². The number of hydrogen-bond donors (Lipinski definition) is 2. The van der Waals surface area contributed by atoms with Crippen molar-refractivity contribution in [3.8, 4) is 0 Å². The quantitative estimate of drug-likeness (QED) is 0.612. The molecule has 3 aromatic rings. The van der Waals surface area contributed by atoms with Crippen molar-refractivity contribution in [2.24, 2.45) is 0 Å². The first-order chi connectivity index (χ1) is 12.6. The van der Waals surface area contributed by atoms with Crippen molar-refractivity contribution in [3.63, 3.8) is 0 Å². The smallest absolute Gasteiger partial charge is 0.159 e. The molecule has 0 saturated carbocycles. The summed E-state index contributed by atoms with van der Waals surface area (Å²) >= 11 is 0. The van der Waals surface area contributed by atoms with Gasteiger partial charge in [-0.05, 0) is 55.7 Å². The average molecular weight is 346 g/mol. The van der Waals surface area contributed by atoms with Gasteiger partial charge in [-0.3, -0.25) is 4.79 Å². The molecule has 3 rings (SSSR count). The number of nitrogens with zero attached hydrogens (tertiary/aromatic N) is 2. The number of benzene rings is 2. The Kier molecular flexibility index (Phi) is 5.27. The Morgan fingerprint density at radius 2 is 1.69 bits per heavy atom. The minimum Gasteiger partial charge on any atom is -0.340 e. The number of para-hydroxylation sites is 1. The lowest BCUT2D eigenvalue weighted by Crippen LogP contribution is -2.02. The number of hydrogen-bond acceptors (Lipinski definition) is 5. The highest BCUT2D eigenvalue weighted by molar-refractivity contribution is 5.94. The number of Topliss-reactive ketones (excluding diaryl/α,β-unsaturated/α-hetero) is 1. The minimum absolute atomic E-state index is 0.0510. The molecule has 2 N–H and O–H groups in total. The molecule has 0 spiro atoms. The maximum Gasteiger partial charge on any atom is 0.159 e. The van der Waals surface area contributed by atoms with Crippen LogP contribution in [0.3, 0.4) is 0 Å². The highest BCUT2D eigenvalue weighted by atomic mass is 16.1. The molecule has 0 amide bonds. The molecular weight excluding hydrogens is 324 g/mol. The molecule has 5 nitrogen and oxygen atoms in total. The van der Waals surface area contributed by atoms with Crippen LogP contribution in [0.1, 0.15) is 35.3 Å². The van der Waals surface area contributed by atoms with Gasteiger partial charge in [-0.1, -0.05) is 25.1 Å². The molecule has 2 aromatic carbocycles. The normalized spacial score (nSPS) is 10.4. The van der Waals surface area contributed by atoms with Gasteiger partial charge in [-0.15, -0.1) is 0 Å². The summed E-state index contributed by atoms with van der Waals surface area (Å²) in [6.45, 7) is 5.77. The number of nitrogens with one attached hydrogen (secondary N) is 2. The standard InChI is InChI=1S/C21H22N4O/c1-4-16-7-5-6-14(2)21(16)25-20-12-19(22-13-23-20)24-18-10-8-17(9-11-18)15(3)26/h5-13H,4H2,1-3H3,(H2,22,23,24,25). The summed E-state index contributed by atoms with van der Waals surface area (Å²) in [6.07, 6.45) is 2.47. The van der Waals surface area contributed by atoms with Crippen LogP contribution in [0.25, 0.3) is 0 Å². The van der Waals surface area contributed by atoms with E-state index >= 15 is 0 Å². The van der Waals surface area contributed by atoms with Crippen molar-refractivity contribution in [2.75, 3.05) is 10.6 Å². The van der Waals surface area contributed by atoms with Crippen molar-refractivity contribution in [2.45, 2.75) is 27.2 Å². The van der Waals surface area contributed by atoms with Gasteiger partial charge in [0.05, 0.1) is 0 Å². The summed E-state index contributed by atoms with van der Waals surface area (Å²) in [5.74, 6) is 1.46. The van der Waals surface area contributed by atoms with E-state index in [4.69, 9.17) is 0 Å². The van der Waals surface area contributed by atoms with E-state index < -0.39 is 0 Å². The predicted octanol–water partition coefficient (Wildman–Crippen LogP) is 5.04. The Morgan fingerprint density at radius 3 is 2.35 bits per heavy atom.